The molecule has 27 heavy (non-hydrogen) atoms. The summed E-state index contributed by atoms with van der Waals surface area (Å²) >= 11 is 0. The molecule has 1 atom stereocenters. The van der Waals surface area contributed by atoms with Crippen molar-refractivity contribution in [3.63, 3.8) is 0 Å². The molecule has 0 aliphatic carbocycles. The van der Waals surface area contributed by atoms with Crippen LogP contribution in [-0.2, 0) is 20.9 Å². The molecule has 0 aromatic heterocycles. The van der Waals surface area contributed by atoms with Crippen LogP contribution in [0.25, 0.3) is 0 Å². The van der Waals surface area contributed by atoms with E-state index in [4.69, 9.17) is 9.47 Å². The molecule has 1 unspecified atom stereocenters. The number of nitrogens with one attached hydrogen (secondary N) is 1. The molecule has 0 saturated carbocycles. The van der Waals surface area contributed by atoms with Crippen LogP contribution in [0.2, 0.25) is 0 Å². The lowest BCUT2D eigenvalue weighted by molar-refractivity contribution is -0.128. The molecular formula is C21H24N2O4. The zero-order valence-corrected chi connectivity index (χ0v) is 15.4. The molecule has 1 N–H and O–H groups in total. The predicted octanol–water partition coefficient (Wildman–Crippen LogP) is 2.70. The Labute approximate surface area is 159 Å². The Hall–Kier alpha value is -2.86. The minimum Gasteiger partial charge on any atom is -0.491 e. The molecule has 3 rings (SSSR count). The number of methoxy groups -OCH3 is 1. The zero-order chi connectivity index (χ0) is 19.1. The molecule has 6 heteroatoms. The van der Waals surface area contributed by atoms with Crippen molar-refractivity contribution in [2.24, 2.45) is 5.92 Å². The molecule has 1 heterocycles. The van der Waals surface area contributed by atoms with Crippen LogP contribution in [0.3, 0.4) is 0 Å². The highest BCUT2D eigenvalue weighted by Crippen LogP contribution is 2.23. The topological polar surface area (TPSA) is 67.9 Å². The summed E-state index contributed by atoms with van der Waals surface area (Å²) in [4.78, 5) is 26.5. The highest BCUT2D eigenvalue weighted by Gasteiger charge is 2.34. The van der Waals surface area contributed by atoms with Gasteiger partial charge in [-0.25, -0.2) is 0 Å². The Morgan fingerprint density at radius 3 is 2.56 bits per heavy atom. The van der Waals surface area contributed by atoms with Crippen LogP contribution in [0.15, 0.2) is 54.6 Å². The van der Waals surface area contributed by atoms with Gasteiger partial charge in [0, 0.05) is 32.3 Å². The summed E-state index contributed by atoms with van der Waals surface area (Å²) in [6.07, 6.45) is 0.247. The van der Waals surface area contributed by atoms with Crippen LogP contribution in [0, 0.1) is 5.92 Å². The first kappa shape index (κ1) is 18.9. The second-order valence-corrected chi connectivity index (χ2v) is 6.52. The number of carbonyl (C=O) groups is 2. The first-order valence-electron chi connectivity index (χ1n) is 9.00. The monoisotopic (exact) mass is 368 g/mol. The van der Waals surface area contributed by atoms with E-state index in [1.54, 1.807) is 36.3 Å². The summed E-state index contributed by atoms with van der Waals surface area (Å²) in [6, 6.07) is 17.0. The van der Waals surface area contributed by atoms with Gasteiger partial charge in [-0.05, 0) is 29.8 Å². The van der Waals surface area contributed by atoms with E-state index in [2.05, 4.69) is 5.32 Å². The molecule has 0 bridgehead atoms. The summed E-state index contributed by atoms with van der Waals surface area (Å²) < 4.78 is 10.4. The van der Waals surface area contributed by atoms with Gasteiger partial charge < -0.3 is 19.7 Å². The van der Waals surface area contributed by atoms with Crippen LogP contribution >= 0.6 is 0 Å². The standard InChI is InChI=1S/C21H24N2O4/c1-26-11-12-27-19-9-7-18(8-10-19)22-21(25)17-13-20(24)23(15-17)14-16-5-3-2-4-6-16/h2-10,17H,11-15H2,1H3,(H,22,25). The Morgan fingerprint density at radius 1 is 1.11 bits per heavy atom. The second kappa shape index (κ2) is 9.19. The molecule has 1 aliphatic rings. The lowest BCUT2D eigenvalue weighted by atomic mass is 10.1. The van der Waals surface area contributed by atoms with Gasteiger partial charge in [0.25, 0.3) is 0 Å². The summed E-state index contributed by atoms with van der Waals surface area (Å²) in [5, 5.41) is 2.89. The molecule has 142 valence electrons. The van der Waals surface area contributed by atoms with E-state index in [0.717, 1.165) is 11.3 Å². The number of amides is 2. The quantitative estimate of drug-likeness (QED) is 0.728. The van der Waals surface area contributed by atoms with Crippen molar-refractivity contribution >= 4 is 17.5 Å². The average molecular weight is 368 g/mol. The van der Waals surface area contributed by atoms with Crippen molar-refractivity contribution in [1.82, 2.24) is 4.90 Å². The van der Waals surface area contributed by atoms with Crippen molar-refractivity contribution in [3.05, 3.63) is 60.2 Å². The first-order valence-corrected chi connectivity index (χ1v) is 9.00. The van der Waals surface area contributed by atoms with E-state index in [0.29, 0.717) is 32.0 Å². The molecule has 1 aliphatic heterocycles. The van der Waals surface area contributed by atoms with Gasteiger partial charge in [0.1, 0.15) is 12.4 Å². The molecule has 1 fully saturated rings. The Morgan fingerprint density at radius 2 is 1.85 bits per heavy atom. The van der Waals surface area contributed by atoms with Crippen LogP contribution in [0.4, 0.5) is 5.69 Å². The highest BCUT2D eigenvalue weighted by molar-refractivity contribution is 5.97. The van der Waals surface area contributed by atoms with E-state index in [1.807, 2.05) is 30.3 Å². The normalized spacial score (nSPS) is 16.4. The van der Waals surface area contributed by atoms with E-state index >= 15 is 0 Å². The molecule has 1 saturated heterocycles. The third-order valence-electron chi connectivity index (χ3n) is 4.48. The zero-order valence-electron chi connectivity index (χ0n) is 15.4. The average Bonchev–Trinajstić information content (AvgIpc) is 3.05. The molecule has 6 nitrogen and oxygen atoms in total. The number of carbonyl (C=O) groups excluding carboxylic acids is 2. The largest absolute Gasteiger partial charge is 0.491 e. The second-order valence-electron chi connectivity index (χ2n) is 6.52. The molecule has 2 aromatic rings. The Kier molecular flexibility index (Phi) is 6.44. The first-order chi connectivity index (χ1) is 13.2. The summed E-state index contributed by atoms with van der Waals surface area (Å²) in [7, 11) is 1.62. The van der Waals surface area contributed by atoms with Crippen molar-refractivity contribution in [2.75, 3.05) is 32.2 Å². The fourth-order valence-corrected chi connectivity index (χ4v) is 3.03. The van der Waals surface area contributed by atoms with Crippen LogP contribution in [0.5, 0.6) is 5.75 Å². The Balaban J connectivity index is 1.51. The van der Waals surface area contributed by atoms with E-state index in [9.17, 15) is 9.59 Å². The molecular weight excluding hydrogens is 344 g/mol. The highest BCUT2D eigenvalue weighted by atomic mass is 16.5. The maximum Gasteiger partial charge on any atom is 0.229 e. The summed E-state index contributed by atoms with van der Waals surface area (Å²) in [5.74, 6) is 0.266. The van der Waals surface area contributed by atoms with E-state index < -0.39 is 0 Å². The minimum atomic E-state index is -0.334. The van der Waals surface area contributed by atoms with Crippen molar-refractivity contribution < 1.29 is 19.1 Å². The number of anilines is 1. The molecule has 0 spiro atoms. The minimum absolute atomic E-state index is 0.0147. The van der Waals surface area contributed by atoms with Crippen LogP contribution in [-0.4, -0.2) is 43.6 Å². The number of hydrogen-bond donors (Lipinski definition) is 1. The van der Waals surface area contributed by atoms with E-state index in [-0.39, 0.29) is 24.2 Å². The van der Waals surface area contributed by atoms with E-state index in [1.165, 1.54) is 0 Å². The van der Waals surface area contributed by atoms with Gasteiger partial charge >= 0.3 is 0 Å². The van der Waals surface area contributed by atoms with Gasteiger partial charge in [-0.2, -0.15) is 0 Å². The number of likely N-dealkylation sites (tertiary alicyclic amines) is 1. The molecule has 2 amide bonds. The lowest BCUT2D eigenvalue weighted by Gasteiger charge is -2.16. The van der Waals surface area contributed by atoms with Gasteiger partial charge in [0.15, 0.2) is 0 Å². The number of nitrogens with zero attached hydrogens (tertiary/aromatic N) is 1. The SMILES string of the molecule is COCCOc1ccc(NC(=O)C2CC(=O)N(Cc3ccccc3)C2)cc1. The fourth-order valence-electron chi connectivity index (χ4n) is 3.03. The fraction of sp³-hybridized carbons (Fsp3) is 0.333. The smallest absolute Gasteiger partial charge is 0.229 e. The van der Waals surface area contributed by atoms with Crippen molar-refractivity contribution in [2.45, 2.75) is 13.0 Å². The summed E-state index contributed by atoms with van der Waals surface area (Å²) in [6.45, 7) is 1.98. The van der Waals surface area contributed by atoms with Crippen molar-refractivity contribution in [1.29, 1.82) is 0 Å². The maximum absolute atomic E-state index is 12.5. The molecule has 2 aromatic carbocycles. The number of benzene rings is 2. The third-order valence-corrected chi connectivity index (χ3v) is 4.48. The van der Waals surface area contributed by atoms with Gasteiger partial charge in [0.2, 0.25) is 11.8 Å². The van der Waals surface area contributed by atoms with Crippen LogP contribution in [0.1, 0.15) is 12.0 Å². The molecule has 0 radical (unpaired) electrons. The number of hydrogen-bond acceptors (Lipinski definition) is 4. The lowest BCUT2D eigenvalue weighted by Crippen LogP contribution is -2.28. The van der Waals surface area contributed by atoms with Gasteiger partial charge in [-0.15, -0.1) is 0 Å². The van der Waals surface area contributed by atoms with Crippen molar-refractivity contribution in [3.8, 4) is 5.75 Å². The van der Waals surface area contributed by atoms with Gasteiger partial charge in [-0.3, -0.25) is 9.59 Å². The van der Waals surface area contributed by atoms with Crippen LogP contribution < -0.4 is 10.1 Å². The van der Waals surface area contributed by atoms with Gasteiger partial charge in [0.05, 0.1) is 12.5 Å². The van der Waals surface area contributed by atoms with Gasteiger partial charge in [-0.1, -0.05) is 30.3 Å². The maximum atomic E-state index is 12.5. The third kappa shape index (κ3) is 5.31. The summed E-state index contributed by atoms with van der Waals surface area (Å²) in [5.41, 5.74) is 1.75. The Bertz CT molecular complexity index is 762. The predicted molar refractivity (Wildman–Crippen MR) is 102 cm³/mol. The number of rotatable bonds is 8. The number of ether oxygens (including phenoxy) is 2.